The molecule has 0 spiro atoms. The summed E-state index contributed by atoms with van der Waals surface area (Å²) in [6, 6.07) is 0. The molecule has 0 aliphatic rings. The highest BCUT2D eigenvalue weighted by Crippen LogP contribution is 2.40. The Kier molecular flexibility index (Phi) is 8.13. The Morgan fingerprint density at radius 1 is 1.05 bits per heavy atom. The van der Waals surface area contributed by atoms with Gasteiger partial charge in [0.05, 0.1) is 12.2 Å². The molecular weight excluding hydrogens is 280 g/mol. The number of rotatable bonds is 8. The zero-order chi connectivity index (χ0) is 17.0. The minimum Gasteiger partial charge on any atom is -0.413 e. The lowest BCUT2D eigenvalue weighted by Crippen LogP contribution is -2.50. The van der Waals surface area contributed by atoms with Crippen LogP contribution in [-0.4, -0.2) is 37.3 Å². The van der Waals surface area contributed by atoms with Crippen LogP contribution in [0.2, 0.25) is 18.1 Å². The second-order valence-electron chi connectivity index (χ2n) is 8.24. The molecule has 0 rings (SSSR count). The zero-order valence-corrected chi connectivity index (χ0v) is 16.6. The maximum atomic E-state index is 10.5. The highest BCUT2D eigenvalue weighted by Gasteiger charge is 2.42. The Balaban J connectivity index is 5.23. The molecule has 128 valence electrons. The Bertz CT molecular complexity index is 299. The highest BCUT2D eigenvalue weighted by molar-refractivity contribution is 6.74. The van der Waals surface area contributed by atoms with Gasteiger partial charge in [0, 0.05) is 18.4 Å². The van der Waals surface area contributed by atoms with Crippen LogP contribution in [0.5, 0.6) is 0 Å². The van der Waals surface area contributed by atoms with Crippen LogP contribution in [0.15, 0.2) is 0 Å². The Morgan fingerprint density at radius 3 is 1.86 bits per heavy atom. The van der Waals surface area contributed by atoms with Gasteiger partial charge in [0.2, 0.25) is 0 Å². The molecule has 0 amide bonds. The third-order valence-corrected chi connectivity index (χ3v) is 9.84. The average Bonchev–Trinajstić information content (AvgIpc) is 2.40. The molecule has 0 saturated carbocycles. The monoisotopic (exact) mass is 318 g/mol. The molecule has 3 nitrogen and oxygen atoms in total. The fourth-order valence-electron chi connectivity index (χ4n) is 2.31. The SMILES string of the molecule is CC[C@H](C)[C@@H](O[Si](C)(C)C(C)(C)C)[C@H](C)[C@H](O)[C@H](C)CO. The molecule has 21 heavy (non-hydrogen) atoms. The molecule has 0 aromatic heterocycles. The van der Waals surface area contributed by atoms with Gasteiger partial charge >= 0.3 is 0 Å². The van der Waals surface area contributed by atoms with Crippen molar-refractivity contribution in [1.29, 1.82) is 0 Å². The summed E-state index contributed by atoms with van der Waals surface area (Å²) in [4.78, 5) is 0. The normalized spacial score (nSPS) is 20.7. The fourth-order valence-corrected chi connectivity index (χ4v) is 3.79. The van der Waals surface area contributed by atoms with E-state index in [2.05, 4.69) is 54.6 Å². The van der Waals surface area contributed by atoms with Crippen molar-refractivity contribution in [2.45, 2.75) is 85.2 Å². The Morgan fingerprint density at radius 2 is 1.52 bits per heavy atom. The molecular formula is C17H38O3Si. The van der Waals surface area contributed by atoms with E-state index >= 15 is 0 Å². The van der Waals surface area contributed by atoms with Crippen LogP contribution in [0.4, 0.5) is 0 Å². The molecule has 0 bridgehead atoms. The lowest BCUT2D eigenvalue weighted by molar-refractivity contribution is -0.0330. The standard InChI is InChI=1S/C17H38O3Si/c1-10-12(2)16(14(4)15(19)13(3)11-18)20-21(8,9)17(5,6)7/h12-16,18-19H,10-11H2,1-9H3/t12-,13+,14+,15+,16+/m0/s1. The first kappa shape index (κ1) is 21.1. The number of aliphatic hydroxyl groups is 2. The predicted octanol–water partition coefficient (Wildman–Crippen LogP) is 4.05. The number of hydrogen-bond donors (Lipinski definition) is 2. The summed E-state index contributed by atoms with van der Waals surface area (Å²) in [5.41, 5.74) is 0. The minimum absolute atomic E-state index is 0.0127. The van der Waals surface area contributed by atoms with Crippen LogP contribution < -0.4 is 0 Å². The molecule has 0 aliphatic heterocycles. The number of hydrogen-bond acceptors (Lipinski definition) is 3. The summed E-state index contributed by atoms with van der Waals surface area (Å²) < 4.78 is 6.63. The summed E-state index contributed by atoms with van der Waals surface area (Å²) in [5, 5.41) is 19.9. The van der Waals surface area contributed by atoms with Crippen LogP contribution in [0.25, 0.3) is 0 Å². The van der Waals surface area contributed by atoms with Gasteiger partial charge < -0.3 is 14.6 Å². The van der Waals surface area contributed by atoms with Gasteiger partial charge in [-0.3, -0.25) is 0 Å². The van der Waals surface area contributed by atoms with Gasteiger partial charge in [-0.1, -0.05) is 54.9 Å². The number of aliphatic hydroxyl groups excluding tert-OH is 2. The van der Waals surface area contributed by atoms with Gasteiger partial charge in [-0.05, 0) is 24.1 Å². The van der Waals surface area contributed by atoms with Gasteiger partial charge in [0.25, 0.3) is 0 Å². The summed E-state index contributed by atoms with van der Waals surface area (Å²) in [5.74, 6) is 0.306. The molecule has 0 fully saturated rings. The molecule has 0 heterocycles. The van der Waals surface area contributed by atoms with Crippen molar-refractivity contribution in [2.24, 2.45) is 17.8 Å². The first-order chi connectivity index (χ1) is 9.39. The van der Waals surface area contributed by atoms with Crippen molar-refractivity contribution < 1.29 is 14.6 Å². The maximum absolute atomic E-state index is 10.5. The van der Waals surface area contributed by atoms with Crippen LogP contribution >= 0.6 is 0 Å². The molecule has 0 unspecified atom stereocenters. The van der Waals surface area contributed by atoms with Crippen LogP contribution in [-0.2, 0) is 4.43 Å². The van der Waals surface area contributed by atoms with E-state index in [4.69, 9.17) is 4.43 Å². The van der Waals surface area contributed by atoms with Gasteiger partial charge in [0.1, 0.15) is 0 Å². The first-order valence-electron chi connectivity index (χ1n) is 8.35. The van der Waals surface area contributed by atoms with Crippen molar-refractivity contribution >= 4 is 8.32 Å². The van der Waals surface area contributed by atoms with Gasteiger partial charge in [0.15, 0.2) is 8.32 Å². The van der Waals surface area contributed by atoms with Crippen molar-refractivity contribution in [3.63, 3.8) is 0 Å². The Hall–Kier alpha value is 0.0969. The van der Waals surface area contributed by atoms with Gasteiger partial charge in [-0.2, -0.15) is 0 Å². The lowest BCUT2D eigenvalue weighted by atomic mass is 9.83. The summed E-state index contributed by atoms with van der Waals surface area (Å²) in [6.07, 6.45) is 0.544. The minimum atomic E-state index is -1.87. The predicted molar refractivity (Wildman–Crippen MR) is 92.9 cm³/mol. The third-order valence-electron chi connectivity index (χ3n) is 5.37. The third kappa shape index (κ3) is 5.66. The van der Waals surface area contributed by atoms with Crippen molar-refractivity contribution in [3.05, 3.63) is 0 Å². The Labute approximate surface area is 133 Å². The van der Waals surface area contributed by atoms with Crippen molar-refractivity contribution in [3.8, 4) is 0 Å². The van der Waals surface area contributed by atoms with Crippen LogP contribution in [0, 0.1) is 17.8 Å². The molecule has 0 saturated heterocycles. The molecule has 2 N–H and O–H groups in total. The van der Waals surface area contributed by atoms with Crippen LogP contribution in [0.3, 0.4) is 0 Å². The van der Waals surface area contributed by atoms with Crippen LogP contribution in [0.1, 0.15) is 54.9 Å². The second kappa shape index (κ2) is 8.09. The quantitative estimate of drug-likeness (QED) is 0.664. The van der Waals surface area contributed by atoms with Crippen molar-refractivity contribution in [2.75, 3.05) is 6.61 Å². The molecule has 0 aromatic rings. The topological polar surface area (TPSA) is 49.7 Å². The average molecular weight is 319 g/mol. The van der Waals surface area contributed by atoms with E-state index in [1.54, 1.807) is 0 Å². The van der Waals surface area contributed by atoms with E-state index in [1.807, 2.05) is 6.92 Å². The summed E-state index contributed by atoms with van der Waals surface area (Å²) in [7, 11) is -1.87. The van der Waals surface area contributed by atoms with Crippen molar-refractivity contribution in [1.82, 2.24) is 0 Å². The van der Waals surface area contributed by atoms with Gasteiger partial charge in [-0.25, -0.2) is 0 Å². The molecule has 4 heteroatoms. The fraction of sp³-hybridized carbons (Fsp3) is 1.00. The highest BCUT2D eigenvalue weighted by atomic mass is 28.4. The largest absolute Gasteiger partial charge is 0.413 e. The van der Waals surface area contributed by atoms with E-state index in [9.17, 15) is 10.2 Å². The van der Waals surface area contributed by atoms with E-state index in [-0.39, 0.29) is 29.6 Å². The molecule has 0 aromatic carbocycles. The van der Waals surface area contributed by atoms with E-state index in [1.165, 1.54) is 0 Å². The summed E-state index contributed by atoms with van der Waals surface area (Å²) >= 11 is 0. The molecule has 5 atom stereocenters. The van der Waals surface area contributed by atoms with E-state index in [0.29, 0.717) is 5.92 Å². The lowest BCUT2D eigenvalue weighted by Gasteiger charge is -2.44. The first-order valence-corrected chi connectivity index (χ1v) is 11.3. The molecule has 0 radical (unpaired) electrons. The molecule has 0 aliphatic carbocycles. The maximum Gasteiger partial charge on any atom is 0.192 e. The smallest absolute Gasteiger partial charge is 0.192 e. The second-order valence-corrected chi connectivity index (χ2v) is 13.0. The zero-order valence-electron chi connectivity index (χ0n) is 15.6. The summed E-state index contributed by atoms with van der Waals surface area (Å²) in [6.45, 7) is 19.6. The van der Waals surface area contributed by atoms with Gasteiger partial charge in [-0.15, -0.1) is 0 Å². The van der Waals surface area contributed by atoms with E-state index in [0.717, 1.165) is 6.42 Å². The van der Waals surface area contributed by atoms with E-state index < -0.39 is 14.4 Å².